The smallest absolute Gasteiger partial charge is 0.244 e. The molecule has 0 saturated carbocycles. The minimum absolute atomic E-state index is 0.0316. The normalized spacial score (nSPS) is 15.7. The number of para-hydroxylation sites is 1. The van der Waals surface area contributed by atoms with E-state index in [4.69, 9.17) is 19.9 Å². The van der Waals surface area contributed by atoms with Gasteiger partial charge >= 0.3 is 0 Å². The molecular formula is C19H16N4O3S. The molecule has 1 aliphatic rings. The van der Waals surface area contributed by atoms with Gasteiger partial charge in [-0.25, -0.2) is 0 Å². The van der Waals surface area contributed by atoms with Crippen LogP contribution in [0.3, 0.4) is 0 Å². The Bertz CT molecular complexity index is 1060. The Kier molecular flexibility index (Phi) is 4.22. The molecule has 27 heavy (non-hydrogen) atoms. The van der Waals surface area contributed by atoms with E-state index in [0.29, 0.717) is 23.0 Å². The summed E-state index contributed by atoms with van der Waals surface area (Å²) in [4.78, 5) is 0.983. The van der Waals surface area contributed by atoms with Crippen molar-refractivity contribution in [1.82, 2.24) is 10.2 Å². The largest absolute Gasteiger partial charge is 0.493 e. The number of nitrogens with zero attached hydrogens (tertiary/aromatic N) is 2. The molecule has 1 aromatic carbocycles. The summed E-state index contributed by atoms with van der Waals surface area (Å²) in [5.41, 5.74) is 8.62. The Hall–Kier alpha value is -3.44. The van der Waals surface area contributed by atoms with Crippen molar-refractivity contribution < 1.29 is 14.2 Å². The van der Waals surface area contributed by atoms with Crippen molar-refractivity contribution in [3.8, 4) is 34.0 Å². The van der Waals surface area contributed by atoms with Crippen LogP contribution >= 0.6 is 11.3 Å². The molecule has 8 heteroatoms. The number of rotatable bonds is 4. The van der Waals surface area contributed by atoms with Crippen LogP contribution < -0.4 is 19.9 Å². The molecule has 3 N–H and O–H groups in total. The minimum atomic E-state index is -0.500. The zero-order chi connectivity index (χ0) is 19.0. The monoisotopic (exact) mass is 380 g/mol. The number of allylic oxidation sites excluding steroid dienone is 1. The van der Waals surface area contributed by atoms with Gasteiger partial charge in [0.05, 0.1) is 36.3 Å². The molecule has 0 bridgehead atoms. The number of nitriles is 1. The van der Waals surface area contributed by atoms with E-state index in [1.54, 1.807) is 31.6 Å². The zero-order valence-corrected chi connectivity index (χ0v) is 15.5. The summed E-state index contributed by atoms with van der Waals surface area (Å²) in [6.07, 6.45) is 0. The lowest BCUT2D eigenvalue weighted by Gasteiger charge is -2.25. The standard InChI is InChI=1S/C19H16N4O3S/c1-24-12-6-3-5-10(17(12)25-2)14-11(9-20)18(21)26-19-15(14)16(22-23-19)13-7-4-8-27-13/h3-8,14H,21H2,1-2H3,(H,22,23)/t14-/m0/s1. The third-order valence-electron chi connectivity index (χ3n) is 4.45. The van der Waals surface area contributed by atoms with E-state index < -0.39 is 5.92 Å². The maximum atomic E-state index is 9.80. The molecule has 136 valence electrons. The van der Waals surface area contributed by atoms with Gasteiger partial charge in [0.2, 0.25) is 11.8 Å². The summed E-state index contributed by atoms with van der Waals surface area (Å²) in [6, 6.07) is 11.7. The molecule has 1 atom stereocenters. The number of fused-ring (bicyclic) bond motifs is 1. The van der Waals surface area contributed by atoms with Crippen molar-refractivity contribution in [2.75, 3.05) is 14.2 Å². The van der Waals surface area contributed by atoms with Crippen LogP contribution in [0, 0.1) is 11.3 Å². The maximum absolute atomic E-state index is 9.80. The predicted octanol–water partition coefficient (Wildman–Crippen LogP) is 3.37. The number of benzene rings is 1. The Balaban J connectivity index is 2.01. The number of aromatic nitrogens is 2. The second-order valence-electron chi connectivity index (χ2n) is 5.80. The van der Waals surface area contributed by atoms with Gasteiger partial charge in [0, 0.05) is 5.56 Å². The molecule has 1 aliphatic heterocycles. The molecule has 3 heterocycles. The lowest BCUT2D eigenvalue weighted by Crippen LogP contribution is -2.21. The highest BCUT2D eigenvalue weighted by atomic mass is 32.1. The molecule has 7 nitrogen and oxygen atoms in total. The molecule has 3 aromatic rings. The maximum Gasteiger partial charge on any atom is 0.244 e. The van der Waals surface area contributed by atoms with E-state index >= 15 is 0 Å². The molecule has 0 aliphatic carbocycles. The van der Waals surface area contributed by atoms with E-state index in [0.717, 1.165) is 21.7 Å². The number of nitrogens with two attached hydrogens (primary N) is 1. The molecular weight excluding hydrogens is 364 g/mol. The predicted molar refractivity (Wildman–Crippen MR) is 101 cm³/mol. The highest BCUT2D eigenvalue weighted by Gasteiger charge is 2.37. The number of nitrogens with one attached hydrogen (secondary N) is 1. The van der Waals surface area contributed by atoms with Gasteiger partial charge in [-0.2, -0.15) is 5.26 Å². The second kappa shape index (κ2) is 6.70. The van der Waals surface area contributed by atoms with Gasteiger partial charge in [0.1, 0.15) is 11.6 Å². The van der Waals surface area contributed by atoms with E-state index in [2.05, 4.69) is 16.3 Å². The third kappa shape index (κ3) is 2.60. The van der Waals surface area contributed by atoms with Gasteiger partial charge in [-0.05, 0) is 17.5 Å². The fourth-order valence-corrected chi connectivity index (χ4v) is 4.04. The lowest BCUT2D eigenvalue weighted by atomic mass is 9.83. The van der Waals surface area contributed by atoms with Gasteiger partial charge in [-0.1, -0.05) is 18.2 Å². The molecule has 0 fully saturated rings. The topological polar surface area (TPSA) is 106 Å². The molecule has 0 amide bonds. The van der Waals surface area contributed by atoms with Crippen LogP contribution in [0.5, 0.6) is 17.4 Å². The quantitative estimate of drug-likeness (QED) is 0.719. The van der Waals surface area contributed by atoms with E-state index in [-0.39, 0.29) is 5.88 Å². The molecule has 2 aromatic heterocycles. The molecule has 4 rings (SSSR count). The highest BCUT2D eigenvalue weighted by molar-refractivity contribution is 7.13. The van der Waals surface area contributed by atoms with Gasteiger partial charge < -0.3 is 19.9 Å². The third-order valence-corrected chi connectivity index (χ3v) is 5.34. The van der Waals surface area contributed by atoms with Gasteiger partial charge in [-0.15, -0.1) is 16.4 Å². The molecule has 0 spiro atoms. The summed E-state index contributed by atoms with van der Waals surface area (Å²) in [6.45, 7) is 0. The fraction of sp³-hybridized carbons (Fsp3) is 0.158. The van der Waals surface area contributed by atoms with Crippen LogP contribution in [0.25, 0.3) is 10.6 Å². The van der Waals surface area contributed by atoms with Crippen molar-refractivity contribution in [2.24, 2.45) is 5.73 Å². The summed E-state index contributed by atoms with van der Waals surface area (Å²) < 4.78 is 16.7. The zero-order valence-electron chi connectivity index (χ0n) is 14.6. The van der Waals surface area contributed by atoms with Crippen LogP contribution in [0.15, 0.2) is 47.2 Å². The van der Waals surface area contributed by atoms with Crippen LogP contribution in [0.4, 0.5) is 0 Å². The first-order chi connectivity index (χ1) is 13.2. The van der Waals surface area contributed by atoms with E-state index in [1.807, 2.05) is 29.6 Å². The lowest BCUT2D eigenvalue weighted by molar-refractivity contribution is 0.348. The highest BCUT2D eigenvalue weighted by Crippen LogP contribution is 2.49. The van der Waals surface area contributed by atoms with Crippen LogP contribution in [-0.4, -0.2) is 24.4 Å². The number of hydrogen-bond acceptors (Lipinski definition) is 7. The average Bonchev–Trinajstić information content (AvgIpc) is 3.35. The van der Waals surface area contributed by atoms with Crippen molar-refractivity contribution in [1.29, 1.82) is 5.26 Å². The second-order valence-corrected chi connectivity index (χ2v) is 6.75. The number of hydrogen-bond donors (Lipinski definition) is 2. The van der Waals surface area contributed by atoms with Crippen molar-refractivity contribution in [3.63, 3.8) is 0 Å². The van der Waals surface area contributed by atoms with Crippen LogP contribution in [0.2, 0.25) is 0 Å². The Morgan fingerprint density at radius 3 is 2.78 bits per heavy atom. The summed E-state index contributed by atoms with van der Waals surface area (Å²) in [5.74, 6) is 0.991. The van der Waals surface area contributed by atoms with Gasteiger partial charge in [-0.3, -0.25) is 5.10 Å². The number of methoxy groups -OCH3 is 2. The number of thiophene rings is 1. The van der Waals surface area contributed by atoms with Crippen molar-refractivity contribution in [3.05, 3.63) is 58.3 Å². The first-order valence-electron chi connectivity index (χ1n) is 8.10. The Morgan fingerprint density at radius 1 is 1.26 bits per heavy atom. The average molecular weight is 380 g/mol. The summed E-state index contributed by atoms with van der Waals surface area (Å²) >= 11 is 1.56. The summed E-state index contributed by atoms with van der Waals surface area (Å²) in [7, 11) is 3.14. The van der Waals surface area contributed by atoms with E-state index in [9.17, 15) is 5.26 Å². The summed E-state index contributed by atoms with van der Waals surface area (Å²) in [5, 5.41) is 19.1. The first-order valence-corrected chi connectivity index (χ1v) is 8.98. The molecule has 0 radical (unpaired) electrons. The fourth-order valence-electron chi connectivity index (χ4n) is 3.30. The number of ether oxygens (including phenoxy) is 3. The van der Waals surface area contributed by atoms with Gasteiger partial charge in [0.15, 0.2) is 11.5 Å². The minimum Gasteiger partial charge on any atom is -0.493 e. The number of aromatic amines is 1. The van der Waals surface area contributed by atoms with Crippen LogP contribution in [0.1, 0.15) is 17.0 Å². The Labute approximate surface area is 159 Å². The van der Waals surface area contributed by atoms with Crippen LogP contribution in [-0.2, 0) is 0 Å². The van der Waals surface area contributed by atoms with Crippen molar-refractivity contribution in [2.45, 2.75) is 5.92 Å². The van der Waals surface area contributed by atoms with Gasteiger partial charge in [0.25, 0.3) is 0 Å². The Morgan fingerprint density at radius 2 is 2.11 bits per heavy atom. The number of H-pyrrole nitrogens is 1. The molecule has 0 saturated heterocycles. The molecule has 0 unspecified atom stereocenters. The van der Waals surface area contributed by atoms with Crippen molar-refractivity contribution >= 4 is 11.3 Å². The first kappa shape index (κ1) is 17.0. The SMILES string of the molecule is COc1cccc([C@H]2C(C#N)=C(N)Oc3n[nH]c(-c4cccs4)c32)c1OC. The van der Waals surface area contributed by atoms with E-state index in [1.165, 1.54) is 0 Å².